The molecular formula is C16H25NO. The van der Waals surface area contributed by atoms with E-state index in [-0.39, 0.29) is 0 Å². The Morgan fingerprint density at radius 2 is 2.11 bits per heavy atom. The Kier molecular flexibility index (Phi) is 4.28. The Bertz CT molecular complexity index is 396. The second-order valence-corrected chi connectivity index (χ2v) is 5.50. The van der Waals surface area contributed by atoms with Crippen LogP contribution in [0.25, 0.3) is 0 Å². The molecule has 0 bridgehead atoms. The van der Waals surface area contributed by atoms with Crippen LogP contribution in [-0.2, 0) is 5.41 Å². The van der Waals surface area contributed by atoms with Gasteiger partial charge in [0.2, 0.25) is 0 Å². The van der Waals surface area contributed by atoms with Gasteiger partial charge < -0.3 is 10.1 Å². The van der Waals surface area contributed by atoms with Gasteiger partial charge in [0, 0.05) is 12.0 Å². The molecule has 0 aromatic heterocycles. The summed E-state index contributed by atoms with van der Waals surface area (Å²) in [5, 5.41) is 3.59. The van der Waals surface area contributed by atoms with Crippen LogP contribution in [0, 0.1) is 6.92 Å². The Balaban J connectivity index is 2.16. The lowest BCUT2D eigenvalue weighted by atomic mass is 9.64. The molecule has 2 rings (SSSR count). The van der Waals surface area contributed by atoms with E-state index in [1.54, 1.807) is 7.11 Å². The third-order valence-electron chi connectivity index (χ3n) is 4.22. The standard InChI is InChI=1S/C16H25NO/c1-4-10-17-12-16(8-5-9-16)14-7-6-13(2)15(11-14)18-3/h6-7,11,17H,4-5,8-10,12H2,1-3H3. The maximum atomic E-state index is 5.45. The van der Waals surface area contributed by atoms with Crippen molar-refractivity contribution in [2.24, 2.45) is 0 Å². The van der Waals surface area contributed by atoms with Gasteiger partial charge in [0.25, 0.3) is 0 Å². The van der Waals surface area contributed by atoms with Gasteiger partial charge in [-0.25, -0.2) is 0 Å². The SMILES string of the molecule is CCCNCC1(c2ccc(C)c(OC)c2)CCC1. The molecule has 0 unspecified atom stereocenters. The zero-order valence-electron chi connectivity index (χ0n) is 11.9. The molecule has 18 heavy (non-hydrogen) atoms. The van der Waals surface area contributed by atoms with E-state index in [9.17, 15) is 0 Å². The van der Waals surface area contributed by atoms with Gasteiger partial charge in [0.05, 0.1) is 7.11 Å². The van der Waals surface area contributed by atoms with Crippen LogP contribution in [0.5, 0.6) is 5.75 Å². The largest absolute Gasteiger partial charge is 0.496 e. The van der Waals surface area contributed by atoms with Crippen molar-refractivity contribution in [2.45, 2.75) is 44.9 Å². The number of benzene rings is 1. The third-order valence-corrected chi connectivity index (χ3v) is 4.22. The quantitative estimate of drug-likeness (QED) is 0.778. The van der Waals surface area contributed by atoms with Gasteiger partial charge in [-0.1, -0.05) is 25.5 Å². The molecule has 1 aliphatic carbocycles. The minimum Gasteiger partial charge on any atom is -0.496 e. The first-order valence-corrected chi connectivity index (χ1v) is 7.08. The first-order valence-electron chi connectivity index (χ1n) is 7.08. The van der Waals surface area contributed by atoms with Crippen LogP contribution in [0.2, 0.25) is 0 Å². The van der Waals surface area contributed by atoms with Crippen LogP contribution >= 0.6 is 0 Å². The highest BCUT2D eigenvalue weighted by Gasteiger charge is 2.38. The van der Waals surface area contributed by atoms with Crippen LogP contribution in [-0.4, -0.2) is 20.2 Å². The predicted molar refractivity (Wildman–Crippen MR) is 76.4 cm³/mol. The molecule has 0 amide bonds. The van der Waals surface area contributed by atoms with Gasteiger partial charge in [-0.05, 0) is 49.9 Å². The van der Waals surface area contributed by atoms with Crippen molar-refractivity contribution in [3.05, 3.63) is 29.3 Å². The summed E-state index contributed by atoms with van der Waals surface area (Å²) in [6, 6.07) is 6.71. The number of nitrogens with one attached hydrogen (secondary N) is 1. The molecule has 0 heterocycles. The average molecular weight is 247 g/mol. The fraction of sp³-hybridized carbons (Fsp3) is 0.625. The highest BCUT2D eigenvalue weighted by atomic mass is 16.5. The van der Waals surface area contributed by atoms with Crippen molar-refractivity contribution in [1.29, 1.82) is 0 Å². The smallest absolute Gasteiger partial charge is 0.122 e. The number of methoxy groups -OCH3 is 1. The lowest BCUT2D eigenvalue weighted by molar-refractivity contribution is 0.233. The van der Waals surface area contributed by atoms with Gasteiger partial charge in [-0.2, -0.15) is 0 Å². The number of rotatable bonds is 6. The summed E-state index contributed by atoms with van der Waals surface area (Å²) in [7, 11) is 1.76. The van der Waals surface area contributed by atoms with Gasteiger partial charge in [0.15, 0.2) is 0 Å². The molecule has 1 saturated carbocycles. The van der Waals surface area contributed by atoms with E-state index < -0.39 is 0 Å². The van der Waals surface area contributed by atoms with Crippen LogP contribution in [0.3, 0.4) is 0 Å². The molecule has 0 spiro atoms. The molecule has 0 aliphatic heterocycles. The van der Waals surface area contributed by atoms with Crippen molar-refractivity contribution >= 4 is 0 Å². The molecule has 0 radical (unpaired) electrons. The van der Waals surface area contributed by atoms with E-state index in [1.165, 1.54) is 36.8 Å². The summed E-state index contributed by atoms with van der Waals surface area (Å²) in [5.74, 6) is 1.02. The van der Waals surface area contributed by atoms with Crippen LogP contribution in [0.4, 0.5) is 0 Å². The normalized spacial score (nSPS) is 17.3. The van der Waals surface area contributed by atoms with Crippen LogP contribution in [0.15, 0.2) is 18.2 Å². The second kappa shape index (κ2) is 5.75. The molecule has 0 atom stereocenters. The van der Waals surface area contributed by atoms with Gasteiger partial charge in [-0.15, -0.1) is 0 Å². The summed E-state index contributed by atoms with van der Waals surface area (Å²) in [4.78, 5) is 0. The van der Waals surface area contributed by atoms with Gasteiger partial charge in [0.1, 0.15) is 5.75 Å². The van der Waals surface area contributed by atoms with Crippen LogP contribution < -0.4 is 10.1 Å². The lowest BCUT2D eigenvalue weighted by Crippen LogP contribution is -2.44. The zero-order chi connectivity index (χ0) is 13.0. The predicted octanol–water partition coefficient (Wildman–Crippen LogP) is 3.42. The van der Waals surface area contributed by atoms with Crippen molar-refractivity contribution in [1.82, 2.24) is 5.32 Å². The molecule has 2 nitrogen and oxygen atoms in total. The third kappa shape index (κ3) is 2.54. The monoisotopic (exact) mass is 247 g/mol. The molecule has 100 valence electrons. The van der Waals surface area contributed by atoms with Gasteiger partial charge >= 0.3 is 0 Å². The Morgan fingerprint density at radius 1 is 1.33 bits per heavy atom. The minimum atomic E-state index is 0.357. The van der Waals surface area contributed by atoms with Crippen molar-refractivity contribution in [2.75, 3.05) is 20.2 Å². The highest BCUT2D eigenvalue weighted by Crippen LogP contribution is 2.44. The Morgan fingerprint density at radius 3 is 2.67 bits per heavy atom. The molecule has 1 aromatic carbocycles. The molecule has 2 heteroatoms. The maximum Gasteiger partial charge on any atom is 0.122 e. The summed E-state index contributed by atoms with van der Waals surface area (Å²) in [6.45, 7) is 6.54. The van der Waals surface area contributed by atoms with Crippen LogP contribution in [0.1, 0.15) is 43.7 Å². The molecule has 1 aliphatic rings. The van der Waals surface area contributed by atoms with E-state index in [0.29, 0.717) is 5.41 Å². The van der Waals surface area contributed by atoms with E-state index in [1.807, 2.05) is 0 Å². The van der Waals surface area contributed by atoms with E-state index in [4.69, 9.17) is 4.74 Å². The first-order chi connectivity index (χ1) is 8.72. The first kappa shape index (κ1) is 13.4. The van der Waals surface area contributed by atoms with E-state index in [0.717, 1.165) is 18.8 Å². The van der Waals surface area contributed by atoms with E-state index in [2.05, 4.69) is 37.4 Å². The molecule has 0 saturated heterocycles. The molecule has 1 aromatic rings. The summed E-state index contributed by atoms with van der Waals surface area (Å²) in [5.41, 5.74) is 3.02. The topological polar surface area (TPSA) is 21.3 Å². The summed E-state index contributed by atoms with van der Waals surface area (Å²) in [6.07, 6.45) is 5.16. The van der Waals surface area contributed by atoms with Crippen molar-refractivity contribution in [3.63, 3.8) is 0 Å². The minimum absolute atomic E-state index is 0.357. The lowest BCUT2D eigenvalue weighted by Gasteiger charge is -2.43. The fourth-order valence-corrected chi connectivity index (χ4v) is 2.83. The number of hydrogen-bond acceptors (Lipinski definition) is 2. The summed E-state index contributed by atoms with van der Waals surface area (Å²) >= 11 is 0. The Hall–Kier alpha value is -1.02. The fourth-order valence-electron chi connectivity index (χ4n) is 2.83. The molecule has 1 fully saturated rings. The number of ether oxygens (including phenoxy) is 1. The number of aryl methyl sites for hydroxylation is 1. The number of hydrogen-bond donors (Lipinski definition) is 1. The van der Waals surface area contributed by atoms with Gasteiger partial charge in [-0.3, -0.25) is 0 Å². The van der Waals surface area contributed by atoms with E-state index >= 15 is 0 Å². The summed E-state index contributed by atoms with van der Waals surface area (Å²) < 4.78 is 5.45. The molecule has 1 N–H and O–H groups in total. The average Bonchev–Trinajstić information content (AvgIpc) is 2.34. The van der Waals surface area contributed by atoms with Crippen molar-refractivity contribution in [3.8, 4) is 5.75 Å². The maximum absolute atomic E-state index is 5.45. The Labute approximate surface area is 111 Å². The second-order valence-electron chi connectivity index (χ2n) is 5.50. The highest BCUT2D eigenvalue weighted by molar-refractivity contribution is 5.41. The molecular weight excluding hydrogens is 222 g/mol. The van der Waals surface area contributed by atoms with Crippen molar-refractivity contribution < 1.29 is 4.74 Å². The zero-order valence-corrected chi connectivity index (χ0v) is 11.9.